The molecular weight excluding hydrogens is 228 g/mol. The van der Waals surface area contributed by atoms with Gasteiger partial charge in [-0.25, -0.2) is 0 Å². The Bertz CT molecular complexity index is 746. The summed E-state index contributed by atoms with van der Waals surface area (Å²) in [7, 11) is 0. The predicted molar refractivity (Wildman–Crippen MR) is 69.3 cm³/mol. The Labute approximate surface area is 102 Å². The molecule has 0 aliphatic heterocycles. The van der Waals surface area contributed by atoms with Crippen molar-refractivity contribution in [2.24, 2.45) is 0 Å². The van der Waals surface area contributed by atoms with Gasteiger partial charge in [0, 0.05) is 23.8 Å². The number of aromatic nitrogens is 2. The molecule has 3 aromatic rings. The summed E-state index contributed by atoms with van der Waals surface area (Å²) in [6, 6.07) is 7.24. The maximum Gasteiger partial charge on any atom is 0.201 e. The van der Waals surface area contributed by atoms with Crippen LogP contribution in [0, 0.1) is 0 Å². The van der Waals surface area contributed by atoms with Crippen LogP contribution < -0.4 is 21.3 Å². The van der Waals surface area contributed by atoms with Crippen LogP contribution in [0.1, 0.15) is 11.4 Å². The number of H-pyrrole nitrogens is 2. The molecule has 18 heavy (non-hydrogen) atoms. The highest BCUT2D eigenvalue weighted by atomic mass is 16.1. The van der Waals surface area contributed by atoms with Gasteiger partial charge in [0.25, 0.3) is 0 Å². The number of rotatable bonds is 2. The van der Waals surface area contributed by atoms with Crippen molar-refractivity contribution >= 4 is 12.2 Å². The van der Waals surface area contributed by atoms with Crippen molar-refractivity contribution in [3.05, 3.63) is 78.9 Å². The van der Waals surface area contributed by atoms with Crippen LogP contribution in [-0.4, -0.2) is 9.97 Å². The van der Waals surface area contributed by atoms with Crippen molar-refractivity contribution in [2.75, 3.05) is 0 Å². The van der Waals surface area contributed by atoms with E-state index in [4.69, 9.17) is 0 Å². The zero-order valence-corrected chi connectivity index (χ0v) is 9.44. The van der Waals surface area contributed by atoms with Gasteiger partial charge in [0.1, 0.15) is 0 Å². The molecule has 0 radical (unpaired) electrons. The third-order valence-corrected chi connectivity index (χ3v) is 2.82. The molecule has 2 N–H and O–H groups in total. The third-order valence-electron chi connectivity index (χ3n) is 2.82. The van der Waals surface area contributed by atoms with Gasteiger partial charge in [-0.2, -0.15) is 0 Å². The van der Waals surface area contributed by atoms with Gasteiger partial charge in [-0.05, 0) is 36.4 Å². The Morgan fingerprint density at radius 3 is 1.56 bits per heavy atom. The van der Waals surface area contributed by atoms with Gasteiger partial charge in [-0.1, -0.05) is 0 Å². The Morgan fingerprint density at radius 2 is 1.22 bits per heavy atom. The average Bonchev–Trinajstić information content (AvgIpc) is 3.05. The van der Waals surface area contributed by atoms with Gasteiger partial charge < -0.3 is 9.97 Å². The highest BCUT2D eigenvalue weighted by molar-refractivity contribution is 5.50. The number of nitrogens with one attached hydrogen (secondary N) is 2. The molecule has 88 valence electrons. The molecule has 1 aromatic carbocycles. The van der Waals surface area contributed by atoms with Gasteiger partial charge in [-0.15, -0.1) is 0 Å². The molecule has 0 saturated heterocycles. The number of aromatic amines is 2. The molecular formula is C14H10N2O2. The minimum Gasteiger partial charge on any atom is -0.362 e. The Kier molecular flexibility index (Phi) is 2.34. The first-order chi connectivity index (χ1) is 8.75. The van der Waals surface area contributed by atoms with Crippen LogP contribution in [0.2, 0.25) is 0 Å². The van der Waals surface area contributed by atoms with Gasteiger partial charge in [-0.3, -0.25) is 9.59 Å². The molecule has 0 saturated carbocycles. The summed E-state index contributed by atoms with van der Waals surface area (Å²) < 4.78 is 0. The summed E-state index contributed by atoms with van der Waals surface area (Å²) in [6.45, 7) is 0. The van der Waals surface area contributed by atoms with Gasteiger partial charge in [0.05, 0.1) is 10.4 Å². The quantitative estimate of drug-likeness (QED) is 0.638. The summed E-state index contributed by atoms with van der Waals surface area (Å²) >= 11 is 0. The minimum atomic E-state index is -0.204. The molecule has 3 rings (SSSR count). The van der Waals surface area contributed by atoms with Gasteiger partial charge in [0.2, 0.25) is 10.9 Å². The Hall–Kier alpha value is -2.62. The predicted octanol–water partition coefficient (Wildman–Crippen LogP) is -0.404. The summed E-state index contributed by atoms with van der Waals surface area (Å²) in [6.07, 6.45) is 6.65. The minimum absolute atomic E-state index is 0.204. The molecule has 0 fully saturated rings. The van der Waals surface area contributed by atoms with Crippen LogP contribution in [-0.2, 0) is 0 Å². The van der Waals surface area contributed by atoms with E-state index in [1.54, 1.807) is 36.7 Å². The lowest BCUT2D eigenvalue weighted by Gasteiger charge is -1.92. The van der Waals surface area contributed by atoms with E-state index in [1.165, 1.54) is 0 Å². The second-order valence-electron chi connectivity index (χ2n) is 4.03. The van der Waals surface area contributed by atoms with Crippen LogP contribution in [0.3, 0.4) is 0 Å². The van der Waals surface area contributed by atoms with Crippen LogP contribution in [0.15, 0.2) is 46.2 Å². The van der Waals surface area contributed by atoms with Crippen molar-refractivity contribution in [3.63, 3.8) is 0 Å². The fourth-order valence-corrected chi connectivity index (χ4v) is 1.88. The van der Waals surface area contributed by atoms with Crippen LogP contribution in [0.5, 0.6) is 0 Å². The molecule has 0 aliphatic rings. The zero-order valence-electron chi connectivity index (χ0n) is 9.44. The maximum absolute atomic E-state index is 11.8. The van der Waals surface area contributed by atoms with Crippen molar-refractivity contribution in [1.29, 1.82) is 0 Å². The molecule has 0 atom stereocenters. The van der Waals surface area contributed by atoms with Crippen molar-refractivity contribution in [2.45, 2.75) is 0 Å². The summed E-state index contributed by atoms with van der Waals surface area (Å²) in [5, 5.41) is 0.463. The first-order valence-corrected chi connectivity index (χ1v) is 5.55. The first-order valence-electron chi connectivity index (χ1n) is 5.55. The summed E-state index contributed by atoms with van der Waals surface area (Å²) in [5.74, 6) is 0. The van der Waals surface area contributed by atoms with Gasteiger partial charge in [0.15, 0.2) is 0 Å². The van der Waals surface area contributed by atoms with E-state index in [1.807, 2.05) is 12.1 Å². The lowest BCUT2D eigenvalue weighted by molar-refractivity contribution is 1.24. The molecule has 2 heterocycles. The van der Waals surface area contributed by atoms with Crippen molar-refractivity contribution in [1.82, 2.24) is 9.97 Å². The highest BCUT2D eigenvalue weighted by Gasteiger charge is 2.08. The van der Waals surface area contributed by atoms with Crippen molar-refractivity contribution < 1.29 is 0 Å². The third kappa shape index (κ3) is 1.64. The highest BCUT2D eigenvalue weighted by Crippen LogP contribution is 1.93. The normalized spacial score (nSPS) is 10.7. The van der Waals surface area contributed by atoms with Crippen LogP contribution >= 0.6 is 0 Å². The molecule has 0 aliphatic carbocycles. The van der Waals surface area contributed by atoms with Crippen LogP contribution in [0.4, 0.5) is 0 Å². The molecule has 4 nitrogen and oxygen atoms in total. The second-order valence-corrected chi connectivity index (χ2v) is 4.03. The first kappa shape index (κ1) is 10.5. The lowest BCUT2D eigenvalue weighted by atomic mass is 10.1. The van der Waals surface area contributed by atoms with E-state index < -0.39 is 0 Å². The van der Waals surface area contributed by atoms with E-state index in [0.29, 0.717) is 0 Å². The molecule has 4 heteroatoms. The molecule has 0 unspecified atom stereocenters. The number of hydrogen-bond acceptors (Lipinski definition) is 2. The largest absolute Gasteiger partial charge is 0.362 e. The van der Waals surface area contributed by atoms with E-state index in [0.717, 1.165) is 11.4 Å². The fourth-order valence-electron chi connectivity index (χ4n) is 1.88. The lowest BCUT2D eigenvalue weighted by Crippen LogP contribution is -2.64. The monoisotopic (exact) mass is 238 g/mol. The SMILES string of the molecule is O=c1c(=Cc2ccc[nH]2)c(=O)c1=Cc1ccc[nH]1. The smallest absolute Gasteiger partial charge is 0.201 e. The molecule has 0 spiro atoms. The average molecular weight is 238 g/mol. The van der Waals surface area contributed by atoms with E-state index >= 15 is 0 Å². The standard InChI is InChI=1S/C14H10N2O2/c17-13-11(7-9-3-1-5-15-9)14(18)12(13)8-10-4-2-6-16-10/h1-8,15-16H. The summed E-state index contributed by atoms with van der Waals surface area (Å²) in [5.41, 5.74) is 1.10. The fraction of sp³-hybridized carbons (Fsp3) is 0. The molecule has 2 aromatic heterocycles. The molecule has 0 bridgehead atoms. The van der Waals surface area contributed by atoms with E-state index in [2.05, 4.69) is 9.97 Å². The topological polar surface area (TPSA) is 65.7 Å². The van der Waals surface area contributed by atoms with E-state index in [-0.39, 0.29) is 21.3 Å². The number of hydrogen-bond donors (Lipinski definition) is 2. The molecule has 0 amide bonds. The second kappa shape index (κ2) is 4.00. The Morgan fingerprint density at radius 1 is 0.778 bits per heavy atom. The van der Waals surface area contributed by atoms with Gasteiger partial charge >= 0.3 is 0 Å². The zero-order chi connectivity index (χ0) is 12.5. The summed E-state index contributed by atoms with van der Waals surface area (Å²) in [4.78, 5) is 29.5. The van der Waals surface area contributed by atoms with Crippen molar-refractivity contribution in [3.8, 4) is 0 Å². The van der Waals surface area contributed by atoms with Crippen LogP contribution in [0.25, 0.3) is 12.2 Å². The maximum atomic E-state index is 11.8. The Balaban J connectivity index is 2.14. The van der Waals surface area contributed by atoms with E-state index in [9.17, 15) is 9.59 Å².